The van der Waals surface area contributed by atoms with Crippen LogP contribution in [0, 0.1) is 6.92 Å². The van der Waals surface area contributed by atoms with Gasteiger partial charge in [-0.15, -0.1) is 0 Å². The summed E-state index contributed by atoms with van der Waals surface area (Å²) >= 11 is 0. The van der Waals surface area contributed by atoms with Gasteiger partial charge >= 0.3 is 0 Å². The molecule has 1 aliphatic rings. The van der Waals surface area contributed by atoms with Crippen molar-refractivity contribution in [3.8, 4) is 0 Å². The normalized spacial score (nSPS) is 17.7. The number of rotatable bonds is 3. The fourth-order valence-electron chi connectivity index (χ4n) is 4.41. The maximum Gasteiger partial charge on any atom is 0.270 e. The molecule has 0 spiro atoms. The molecule has 5 rings (SSSR count). The van der Waals surface area contributed by atoms with Crippen molar-refractivity contribution in [3.05, 3.63) is 66.5 Å². The zero-order chi connectivity index (χ0) is 20.9. The first-order chi connectivity index (χ1) is 14.5. The summed E-state index contributed by atoms with van der Waals surface area (Å²) in [6.07, 6.45) is 0. The van der Waals surface area contributed by atoms with Crippen LogP contribution in [0.3, 0.4) is 0 Å². The van der Waals surface area contributed by atoms with Gasteiger partial charge in [-0.1, -0.05) is 42.5 Å². The summed E-state index contributed by atoms with van der Waals surface area (Å²) in [5.74, 6) is 0.466. The number of para-hydroxylation sites is 1. The number of anilines is 1. The van der Waals surface area contributed by atoms with Crippen LogP contribution in [0.4, 0.5) is 5.69 Å². The number of piperazine rings is 1. The second kappa shape index (κ2) is 7.11. The minimum atomic E-state index is -3.81. The van der Waals surface area contributed by atoms with Crippen LogP contribution in [-0.2, 0) is 10.0 Å². The third kappa shape index (κ3) is 2.97. The molecule has 154 valence electrons. The van der Waals surface area contributed by atoms with Crippen LogP contribution in [0.1, 0.15) is 12.7 Å². The predicted octanol–water partition coefficient (Wildman–Crippen LogP) is 3.53. The molecular formula is C23H24N4O2S. The molecule has 4 aromatic rings. The standard InChI is InChI=1S/C23H24N4O2S/c1-16-15-26(14-13-24-16)20-10-6-11-21-23(20)25-17(2)27(21)30(28,29)22-12-5-8-18-7-3-4-9-19(18)22/h3-12,16,24H,13-15H2,1-2H3. The van der Waals surface area contributed by atoms with Gasteiger partial charge in [-0.05, 0) is 37.4 Å². The first kappa shape index (κ1) is 19.1. The lowest BCUT2D eigenvalue weighted by Gasteiger charge is -2.33. The molecule has 6 nitrogen and oxygen atoms in total. The summed E-state index contributed by atoms with van der Waals surface area (Å²) in [5.41, 5.74) is 2.33. The van der Waals surface area contributed by atoms with Crippen molar-refractivity contribution < 1.29 is 8.42 Å². The quantitative estimate of drug-likeness (QED) is 0.549. The van der Waals surface area contributed by atoms with Gasteiger partial charge in [0.15, 0.2) is 0 Å². The molecule has 1 fully saturated rings. The highest BCUT2D eigenvalue weighted by atomic mass is 32.2. The molecule has 2 heterocycles. The highest BCUT2D eigenvalue weighted by Gasteiger charge is 2.27. The van der Waals surface area contributed by atoms with Gasteiger partial charge in [-0.2, -0.15) is 0 Å². The molecule has 1 aliphatic heterocycles. The fourth-order valence-corrected chi connectivity index (χ4v) is 6.11. The lowest BCUT2D eigenvalue weighted by atomic mass is 10.1. The molecular weight excluding hydrogens is 396 g/mol. The number of hydrogen-bond donors (Lipinski definition) is 1. The SMILES string of the molecule is Cc1nc2c(N3CCNC(C)C3)cccc2n1S(=O)(=O)c1cccc2ccccc12. The van der Waals surface area contributed by atoms with Gasteiger partial charge in [0, 0.05) is 31.1 Å². The summed E-state index contributed by atoms with van der Waals surface area (Å²) in [6.45, 7) is 6.53. The van der Waals surface area contributed by atoms with Crippen molar-refractivity contribution in [2.45, 2.75) is 24.8 Å². The number of nitrogens with one attached hydrogen (secondary N) is 1. The van der Waals surface area contributed by atoms with Crippen LogP contribution in [0.25, 0.3) is 21.8 Å². The van der Waals surface area contributed by atoms with Gasteiger partial charge in [-0.25, -0.2) is 17.4 Å². The van der Waals surface area contributed by atoms with Crippen molar-refractivity contribution >= 4 is 37.5 Å². The van der Waals surface area contributed by atoms with Gasteiger partial charge in [-0.3, -0.25) is 0 Å². The average Bonchev–Trinajstić information content (AvgIpc) is 3.09. The Morgan fingerprint density at radius 2 is 1.80 bits per heavy atom. The first-order valence-corrected chi connectivity index (χ1v) is 11.6. The summed E-state index contributed by atoms with van der Waals surface area (Å²) in [6, 6.07) is 19.1. The summed E-state index contributed by atoms with van der Waals surface area (Å²) in [4.78, 5) is 7.28. The van der Waals surface area contributed by atoms with Crippen LogP contribution in [0.2, 0.25) is 0 Å². The first-order valence-electron chi connectivity index (χ1n) is 10.2. The smallest absolute Gasteiger partial charge is 0.270 e. The number of imidazole rings is 1. The zero-order valence-corrected chi connectivity index (χ0v) is 17.9. The molecule has 0 radical (unpaired) electrons. The van der Waals surface area contributed by atoms with Crippen molar-refractivity contribution in [2.75, 3.05) is 24.5 Å². The molecule has 7 heteroatoms. The van der Waals surface area contributed by atoms with Crippen LogP contribution >= 0.6 is 0 Å². The molecule has 3 aromatic carbocycles. The summed E-state index contributed by atoms with van der Waals surface area (Å²) < 4.78 is 29.0. The van der Waals surface area contributed by atoms with E-state index in [-0.39, 0.29) is 0 Å². The van der Waals surface area contributed by atoms with Gasteiger partial charge < -0.3 is 10.2 Å². The number of fused-ring (bicyclic) bond motifs is 2. The molecule has 0 saturated carbocycles. The third-order valence-corrected chi connectivity index (χ3v) is 7.61. The third-order valence-electron chi connectivity index (χ3n) is 5.76. The largest absolute Gasteiger partial charge is 0.367 e. The molecule has 1 atom stereocenters. The molecule has 1 unspecified atom stereocenters. The molecule has 0 amide bonds. The highest BCUT2D eigenvalue weighted by molar-refractivity contribution is 7.90. The highest BCUT2D eigenvalue weighted by Crippen LogP contribution is 2.32. The minimum absolute atomic E-state index is 0.296. The van der Waals surface area contributed by atoms with E-state index in [1.54, 1.807) is 19.1 Å². The van der Waals surface area contributed by atoms with E-state index in [1.807, 2.05) is 48.5 Å². The monoisotopic (exact) mass is 420 g/mol. The average molecular weight is 421 g/mol. The van der Waals surface area contributed by atoms with E-state index in [2.05, 4.69) is 17.1 Å². The van der Waals surface area contributed by atoms with Gasteiger partial charge in [0.05, 0.1) is 16.1 Å². The molecule has 1 saturated heterocycles. The maximum absolute atomic E-state index is 13.8. The van der Waals surface area contributed by atoms with Crippen LogP contribution in [0.5, 0.6) is 0 Å². The lowest BCUT2D eigenvalue weighted by Crippen LogP contribution is -2.49. The Balaban J connectivity index is 1.71. The number of aromatic nitrogens is 2. The van der Waals surface area contributed by atoms with E-state index in [1.165, 1.54) is 3.97 Å². The van der Waals surface area contributed by atoms with Crippen molar-refractivity contribution in [2.24, 2.45) is 0 Å². The van der Waals surface area contributed by atoms with Crippen molar-refractivity contribution in [1.29, 1.82) is 0 Å². The molecule has 30 heavy (non-hydrogen) atoms. The number of aryl methyl sites for hydroxylation is 1. The Labute approximate surface area is 176 Å². The molecule has 1 N–H and O–H groups in total. The topological polar surface area (TPSA) is 67.2 Å². The Kier molecular flexibility index (Phi) is 4.52. The fraction of sp³-hybridized carbons (Fsp3) is 0.261. The Hall–Kier alpha value is -2.90. The van der Waals surface area contributed by atoms with E-state index in [0.29, 0.717) is 27.7 Å². The Morgan fingerprint density at radius 3 is 2.63 bits per heavy atom. The van der Waals surface area contributed by atoms with E-state index >= 15 is 0 Å². The van der Waals surface area contributed by atoms with Crippen LogP contribution < -0.4 is 10.2 Å². The lowest BCUT2D eigenvalue weighted by molar-refractivity contribution is 0.485. The van der Waals surface area contributed by atoms with Gasteiger partial charge in [0.2, 0.25) is 0 Å². The Bertz CT molecular complexity index is 1360. The zero-order valence-electron chi connectivity index (χ0n) is 17.0. The number of hydrogen-bond acceptors (Lipinski definition) is 5. The van der Waals surface area contributed by atoms with E-state index in [9.17, 15) is 8.42 Å². The van der Waals surface area contributed by atoms with Crippen LogP contribution in [-0.4, -0.2) is 43.1 Å². The van der Waals surface area contributed by atoms with E-state index in [4.69, 9.17) is 4.98 Å². The predicted molar refractivity (Wildman–Crippen MR) is 121 cm³/mol. The second-order valence-corrected chi connectivity index (χ2v) is 9.61. The molecule has 0 aliphatic carbocycles. The van der Waals surface area contributed by atoms with E-state index in [0.717, 1.165) is 36.2 Å². The van der Waals surface area contributed by atoms with Crippen molar-refractivity contribution in [1.82, 2.24) is 14.3 Å². The maximum atomic E-state index is 13.8. The Morgan fingerprint density at radius 1 is 1.03 bits per heavy atom. The summed E-state index contributed by atoms with van der Waals surface area (Å²) in [5, 5.41) is 5.06. The number of nitrogens with zero attached hydrogens (tertiary/aromatic N) is 3. The molecule has 1 aromatic heterocycles. The van der Waals surface area contributed by atoms with Gasteiger partial charge in [0.25, 0.3) is 10.0 Å². The van der Waals surface area contributed by atoms with E-state index < -0.39 is 10.0 Å². The van der Waals surface area contributed by atoms with Gasteiger partial charge in [0.1, 0.15) is 11.3 Å². The summed E-state index contributed by atoms with van der Waals surface area (Å²) in [7, 11) is -3.81. The minimum Gasteiger partial charge on any atom is -0.367 e. The second-order valence-electron chi connectivity index (χ2n) is 7.85. The van der Waals surface area contributed by atoms with Crippen molar-refractivity contribution in [3.63, 3.8) is 0 Å². The molecule has 0 bridgehead atoms. The van der Waals surface area contributed by atoms with Crippen LogP contribution in [0.15, 0.2) is 65.6 Å². The number of benzene rings is 3.